The van der Waals surface area contributed by atoms with Crippen LogP contribution in [0.3, 0.4) is 0 Å². The average molecular weight is 688 g/mol. The summed E-state index contributed by atoms with van der Waals surface area (Å²) >= 11 is -0.786. The number of hydrogen-bond donors (Lipinski definition) is 1. The second-order valence-electron chi connectivity index (χ2n) is 11.5. The summed E-state index contributed by atoms with van der Waals surface area (Å²) in [6, 6.07) is 1.05. The number of benzene rings is 1. The van der Waals surface area contributed by atoms with E-state index >= 15 is 4.39 Å². The van der Waals surface area contributed by atoms with E-state index in [1.807, 2.05) is 7.05 Å². The molecule has 0 unspecified atom stereocenters. The van der Waals surface area contributed by atoms with Crippen LogP contribution in [0.2, 0.25) is 0 Å². The van der Waals surface area contributed by atoms with Gasteiger partial charge < -0.3 is 25.2 Å². The molecule has 0 spiro atoms. The lowest BCUT2D eigenvalue weighted by Crippen LogP contribution is -2.53. The van der Waals surface area contributed by atoms with E-state index in [0.717, 1.165) is 44.5 Å². The van der Waals surface area contributed by atoms with E-state index in [4.69, 9.17) is 10.5 Å². The fraction of sp³-hybridized carbons (Fsp3) is 0.467. The van der Waals surface area contributed by atoms with Gasteiger partial charge in [-0.3, -0.25) is 4.79 Å². The molecule has 2 aliphatic rings. The summed E-state index contributed by atoms with van der Waals surface area (Å²) in [5, 5.41) is -0.187. The van der Waals surface area contributed by atoms with Gasteiger partial charge in [0.05, 0.1) is 16.8 Å². The first-order chi connectivity index (χ1) is 22.0. The van der Waals surface area contributed by atoms with Crippen LogP contribution in [-0.4, -0.2) is 88.1 Å². The molecule has 3 aromatic rings. The van der Waals surface area contributed by atoms with Crippen LogP contribution < -0.4 is 15.4 Å². The number of rotatable bonds is 7. The summed E-state index contributed by atoms with van der Waals surface area (Å²) in [6.45, 7) is 7.77. The van der Waals surface area contributed by atoms with Gasteiger partial charge in [0.25, 0.3) is 0 Å². The fourth-order valence-electron chi connectivity index (χ4n) is 6.08. The van der Waals surface area contributed by atoms with Gasteiger partial charge >= 0.3 is 17.7 Å². The number of aromatic nitrogens is 3. The molecule has 17 heteroatoms. The van der Waals surface area contributed by atoms with E-state index in [9.17, 15) is 31.1 Å². The minimum absolute atomic E-state index is 0.00483. The second kappa shape index (κ2) is 13.0. The fourth-order valence-corrected chi connectivity index (χ4v) is 6.79. The second-order valence-corrected chi connectivity index (χ2v) is 12.6. The summed E-state index contributed by atoms with van der Waals surface area (Å²) in [7, 11) is 1.91. The summed E-state index contributed by atoms with van der Waals surface area (Å²) in [5.74, 6) is -2.23. The van der Waals surface area contributed by atoms with E-state index in [2.05, 4.69) is 26.4 Å². The number of anilines is 2. The van der Waals surface area contributed by atoms with Crippen LogP contribution in [0.5, 0.6) is 6.01 Å². The Bertz CT molecular complexity index is 1700. The lowest BCUT2D eigenvalue weighted by Gasteiger charge is -2.40. The molecule has 254 valence electrons. The van der Waals surface area contributed by atoms with Crippen molar-refractivity contribution >= 4 is 40.2 Å². The molecular weight excluding hydrogens is 655 g/mol. The van der Waals surface area contributed by atoms with Crippen LogP contribution in [0.15, 0.2) is 29.7 Å². The van der Waals surface area contributed by atoms with E-state index in [0.29, 0.717) is 0 Å². The van der Waals surface area contributed by atoms with Gasteiger partial charge in [0.2, 0.25) is 5.91 Å². The number of carbonyl (C=O) groups is 1. The number of thioether (sulfide) groups is 1. The number of piperazine rings is 1. The number of hydrogen-bond acceptors (Lipinski definition) is 9. The van der Waals surface area contributed by atoms with Crippen LogP contribution in [0.4, 0.5) is 42.4 Å². The average Bonchev–Trinajstić information content (AvgIpc) is 3.38. The van der Waals surface area contributed by atoms with Crippen molar-refractivity contribution in [2.24, 2.45) is 0 Å². The van der Waals surface area contributed by atoms with E-state index < -0.39 is 73.9 Å². The lowest BCUT2D eigenvalue weighted by molar-refractivity contribution is -0.137. The van der Waals surface area contributed by atoms with Crippen molar-refractivity contribution in [3.63, 3.8) is 0 Å². The number of nitrogens with two attached hydrogens (primary N) is 1. The molecule has 0 bridgehead atoms. The Morgan fingerprint density at radius 2 is 1.87 bits per heavy atom. The highest BCUT2D eigenvalue weighted by molar-refractivity contribution is 8.00. The molecule has 1 aromatic carbocycles. The van der Waals surface area contributed by atoms with Crippen LogP contribution in [0, 0.1) is 12.7 Å². The van der Waals surface area contributed by atoms with E-state index in [-0.39, 0.29) is 55.4 Å². The molecule has 2 aliphatic heterocycles. The van der Waals surface area contributed by atoms with Crippen molar-refractivity contribution < 1.29 is 40.3 Å². The zero-order valence-corrected chi connectivity index (χ0v) is 26.5. The minimum atomic E-state index is -5.11. The third-order valence-electron chi connectivity index (χ3n) is 8.30. The van der Waals surface area contributed by atoms with Crippen LogP contribution >= 0.6 is 11.8 Å². The van der Waals surface area contributed by atoms with E-state index in [1.165, 1.54) is 4.90 Å². The molecule has 47 heavy (non-hydrogen) atoms. The van der Waals surface area contributed by atoms with Crippen molar-refractivity contribution in [1.82, 2.24) is 24.8 Å². The number of alkyl halides is 6. The number of ether oxygens (including phenoxy) is 1. The molecule has 0 radical (unpaired) electrons. The highest BCUT2D eigenvalue weighted by atomic mass is 32.2. The van der Waals surface area contributed by atoms with Crippen LogP contribution in [0.25, 0.3) is 22.2 Å². The van der Waals surface area contributed by atoms with Gasteiger partial charge in [-0.25, -0.2) is 9.37 Å². The molecule has 9 nitrogen and oxygen atoms in total. The monoisotopic (exact) mass is 687 g/mol. The van der Waals surface area contributed by atoms with Crippen LogP contribution in [-0.2, 0) is 11.0 Å². The highest BCUT2D eigenvalue weighted by Crippen LogP contribution is 2.49. The first-order valence-corrected chi connectivity index (χ1v) is 15.5. The van der Waals surface area contributed by atoms with Gasteiger partial charge in [0, 0.05) is 42.0 Å². The van der Waals surface area contributed by atoms with Crippen molar-refractivity contribution in [3.8, 4) is 17.3 Å². The van der Waals surface area contributed by atoms with Crippen molar-refractivity contribution in [2.75, 3.05) is 50.5 Å². The molecule has 4 heterocycles. The molecule has 2 saturated heterocycles. The molecule has 0 aliphatic carbocycles. The minimum Gasteiger partial charge on any atom is -0.462 e. The first-order valence-electron chi connectivity index (χ1n) is 14.6. The Labute approximate surface area is 270 Å². The SMILES string of the molecule is C=CC(=O)N1CCN(c2nc(OC[C@@H]3CCCN3C)nc3c(F)c(-c4nc(N)cc(C)c4C(F)(F)F)c(SC(F)(F)F)cc23)[C@H](C)C1. The molecule has 0 saturated carbocycles. The van der Waals surface area contributed by atoms with Gasteiger partial charge in [0.15, 0.2) is 5.82 Å². The predicted octanol–water partition coefficient (Wildman–Crippen LogP) is 6.05. The Morgan fingerprint density at radius 3 is 2.47 bits per heavy atom. The Hall–Kier alpha value is -3.86. The number of nitrogens with zero attached hydrogens (tertiary/aromatic N) is 6. The van der Waals surface area contributed by atoms with Gasteiger partial charge in [-0.05, 0) is 75.8 Å². The molecule has 2 aromatic heterocycles. The molecular formula is C30H32F7N7O2S. The number of carbonyl (C=O) groups excluding carboxylic acids is 1. The largest absolute Gasteiger partial charge is 0.462 e. The standard InChI is InChI=1S/C30H32F7N7O2S/c1-5-21(45)43-9-10-44(16(3)13-43)27-18-12-19(47-30(35,36)37)22(26-23(29(32,33)34)15(2)11-20(38)39-26)24(31)25(18)40-28(41-27)46-14-17-7-6-8-42(17)4/h5,11-12,16-17H,1,6-10,13-14H2,2-4H3,(H2,38,39)/t16-,17+/m1/s1. The van der Waals surface area contributed by atoms with Gasteiger partial charge in [-0.1, -0.05) is 6.58 Å². The molecule has 5 rings (SSSR count). The number of aryl methyl sites for hydroxylation is 1. The Kier molecular flexibility index (Phi) is 9.52. The maximum absolute atomic E-state index is 16.8. The number of likely N-dealkylation sites (tertiary alicyclic amines) is 1. The summed E-state index contributed by atoms with van der Waals surface area (Å²) in [4.78, 5) is 29.1. The summed E-state index contributed by atoms with van der Waals surface area (Å²) < 4.78 is 107. The molecule has 2 fully saturated rings. The first kappa shape index (κ1) is 34.5. The zero-order valence-electron chi connectivity index (χ0n) is 25.7. The third-order valence-corrected chi connectivity index (χ3v) is 9.07. The van der Waals surface area contributed by atoms with E-state index in [1.54, 1.807) is 11.8 Å². The molecule has 2 atom stereocenters. The molecule has 1 amide bonds. The normalized spacial score (nSPS) is 19.4. The number of amides is 1. The number of likely N-dealkylation sites (N-methyl/N-ethyl adjacent to an activating group) is 1. The number of nitrogen functional groups attached to an aromatic ring is 1. The smallest absolute Gasteiger partial charge is 0.446 e. The Balaban J connectivity index is 1.76. The molecule has 2 N–H and O–H groups in total. The van der Waals surface area contributed by atoms with Gasteiger partial charge in [-0.2, -0.15) is 36.3 Å². The maximum atomic E-state index is 16.8. The van der Waals surface area contributed by atoms with Gasteiger partial charge in [0.1, 0.15) is 23.8 Å². The zero-order chi connectivity index (χ0) is 34.4. The third kappa shape index (κ3) is 7.20. The Morgan fingerprint density at radius 1 is 1.15 bits per heavy atom. The maximum Gasteiger partial charge on any atom is 0.446 e. The number of pyridine rings is 1. The number of halogens is 7. The van der Waals surface area contributed by atoms with Crippen molar-refractivity contribution in [3.05, 3.63) is 41.7 Å². The summed E-state index contributed by atoms with van der Waals surface area (Å²) in [5.41, 5.74) is -3.86. The topological polar surface area (TPSA) is 101 Å². The number of fused-ring (bicyclic) bond motifs is 1. The van der Waals surface area contributed by atoms with Gasteiger partial charge in [-0.15, -0.1) is 0 Å². The lowest BCUT2D eigenvalue weighted by atomic mass is 9.98. The van der Waals surface area contributed by atoms with Crippen LogP contribution in [0.1, 0.15) is 30.9 Å². The van der Waals surface area contributed by atoms with Crippen molar-refractivity contribution in [2.45, 2.75) is 55.4 Å². The van der Waals surface area contributed by atoms with Crippen molar-refractivity contribution in [1.29, 1.82) is 0 Å². The quantitative estimate of drug-likeness (QED) is 0.181. The summed E-state index contributed by atoms with van der Waals surface area (Å²) in [6.07, 6.45) is -2.22. The predicted molar refractivity (Wildman–Crippen MR) is 164 cm³/mol. The highest BCUT2D eigenvalue weighted by Gasteiger charge is 2.41.